The van der Waals surface area contributed by atoms with Crippen LogP contribution in [0.4, 0.5) is 0 Å². The summed E-state index contributed by atoms with van der Waals surface area (Å²) in [6.07, 6.45) is 1.51. The Morgan fingerprint density at radius 2 is 2.04 bits per heavy atom. The van der Waals surface area contributed by atoms with E-state index >= 15 is 0 Å². The highest BCUT2D eigenvalue weighted by Gasteiger charge is 2.18. The Balaban J connectivity index is 2.63. The molecule has 0 aliphatic heterocycles. The van der Waals surface area contributed by atoms with Crippen molar-refractivity contribution in [3.63, 3.8) is 0 Å². The van der Waals surface area contributed by atoms with Crippen molar-refractivity contribution in [1.29, 1.82) is 0 Å². The van der Waals surface area contributed by atoms with Crippen LogP contribution in [0.2, 0.25) is 0 Å². The zero-order valence-electron chi connectivity index (χ0n) is 14.5. The molecule has 0 atom stereocenters. The first-order chi connectivity index (χ1) is 11.2. The Bertz CT molecular complexity index is 846. The molecular formula is C16H22N4O4. The van der Waals surface area contributed by atoms with E-state index in [1.807, 2.05) is 13.8 Å². The van der Waals surface area contributed by atoms with Gasteiger partial charge in [0.25, 0.3) is 5.56 Å². The van der Waals surface area contributed by atoms with E-state index in [1.54, 1.807) is 37.4 Å². The lowest BCUT2D eigenvalue weighted by Crippen LogP contribution is -2.32. The van der Waals surface area contributed by atoms with Gasteiger partial charge in [0.2, 0.25) is 0 Å². The normalized spacial score (nSPS) is 12.4. The first-order valence-corrected chi connectivity index (χ1v) is 7.76. The Morgan fingerprint density at radius 3 is 2.58 bits per heavy atom. The zero-order valence-corrected chi connectivity index (χ0v) is 14.5. The molecule has 0 aliphatic carbocycles. The zero-order chi connectivity index (χ0) is 18.0. The summed E-state index contributed by atoms with van der Waals surface area (Å²) < 4.78 is 7.68. The lowest BCUT2D eigenvalue weighted by Gasteiger charge is -2.11. The fourth-order valence-electron chi connectivity index (χ4n) is 2.30. The van der Waals surface area contributed by atoms with E-state index in [0.717, 1.165) is 10.2 Å². The van der Waals surface area contributed by atoms with E-state index in [4.69, 9.17) is 9.94 Å². The van der Waals surface area contributed by atoms with Gasteiger partial charge in [-0.15, -0.1) is 5.10 Å². The van der Waals surface area contributed by atoms with Gasteiger partial charge >= 0.3 is 5.97 Å². The maximum Gasteiger partial charge on any atom is 0.328 e. The summed E-state index contributed by atoms with van der Waals surface area (Å²) >= 11 is 0. The van der Waals surface area contributed by atoms with Gasteiger partial charge < -0.3 is 9.94 Å². The minimum atomic E-state index is -0.552. The van der Waals surface area contributed by atoms with Gasteiger partial charge in [-0.3, -0.25) is 14.0 Å². The molecular weight excluding hydrogens is 312 g/mol. The number of hydrogen-bond acceptors (Lipinski definition) is 6. The molecule has 8 heteroatoms. The third-order valence-electron chi connectivity index (χ3n) is 3.52. The molecule has 2 rings (SSSR count). The Hall–Kier alpha value is -2.64. The third-order valence-corrected chi connectivity index (χ3v) is 3.52. The summed E-state index contributed by atoms with van der Waals surface area (Å²) in [5, 5.41) is 16.4. The number of rotatable bonds is 5. The van der Waals surface area contributed by atoms with Crippen LogP contribution in [0.5, 0.6) is 0 Å². The van der Waals surface area contributed by atoms with Crippen molar-refractivity contribution in [3.8, 4) is 0 Å². The molecule has 1 N–H and O–H groups in total. The molecule has 0 aliphatic rings. The van der Waals surface area contributed by atoms with Crippen LogP contribution in [0.15, 0.2) is 22.2 Å². The summed E-state index contributed by atoms with van der Waals surface area (Å²) in [6.45, 7) is 8.74. The number of carbonyl (C=O) groups is 1. The van der Waals surface area contributed by atoms with Gasteiger partial charge in [-0.2, -0.15) is 0 Å². The second-order valence-corrected chi connectivity index (χ2v) is 6.19. The summed E-state index contributed by atoms with van der Waals surface area (Å²) in [5.41, 5.74) is 1.14. The highest BCUT2D eigenvalue weighted by molar-refractivity contribution is 5.95. The molecule has 0 radical (unpaired) electrons. The van der Waals surface area contributed by atoms with E-state index < -0.39 is 11.5 Å². The quantitative estimate of drug-likeness (QED) is 0.389. The van der Waals surface area contributed by atoms with Crippen LogP contribution in [0, 0.1) is 0 Å². The van der Waals surface area contributed by atoms with Crippen LogP contribution in [-0.2, 0) is 16.1 Å². The molecule has 0 amide bonds. The van der Waals surface area contributed by atoms with Gasteiger partial charge in [-0.25, -0.2) is 4.68 Å². The van der Waals surface area contributed by atoms with Crippen LogP contribution in [-0.4, -0.2) is 37.2 Å². The Labute approximate surface area is 139 Å². The highest BCUT2D eigenvalue weighted by Crippen LogP contribution is 2.17. The maximum absolute atomic E-state index is 12.6. The van der Waals surface area contributed by atoms with Gasteiger partial charge in [-0.05, 0) is 38.3 Å². The van der Waals surface area contributed by atoms with Crippen LogP contribution in [0.1, 0.15) is 51.9 Å². The average Bonchev–Trinajstić information content (AvgIpc) is 2.94. The van der Waals surface area contributed by atoms with Crippen LogP contribution in [0.3, 0.4) is 0 Å². The molecule has 0 unspecified atom stereocenters. The van der Waals surface area contributed by atoms with Crippen molar-refractivity contribution in [2.45, 2.75) is 53.2 Å². The minimum absolute atomic E-state index is 0.211. The van der Waals surface area contributed by atoms with Crippen LogP contribution in [0.25, 0.3) is 5.52 Å². The first kappa shape index (κ1) is 17.7. The van der Waals surface area contributed by atoms with Crippen molar-refractivity contribution >= 4 is 17.2 Å². The number of aromatic nitrogens is 3. The predicted molar refractivity (Wildman–Crippen MR) is 88.8 cm³/mol. The average molecular weight is 334 g/mol. The molecule has 2 heterocycles. The van der Waals surface area contributed by atoms with Gasteiger partial charge in [0.05, 0.1) is 6.10 Å². The van der Waals surface area contributed by atoms with Crippen LogP contribution < -0.4 is 5.56 Å². The van der Waals surface area contributed by atoms with E-state index in [1.165, 1.54) is 0 Å². The molecule has 0 bridgehead atoms. The first-order valence-electron chi connectivity index (χ1n) is 7.76. The third kappa shape index (κ3) is 3.47. The number of nitrogens with zero attached hydrogens (tertiary/aromatic N) is 4. The van der Waals surface area contributed by atoms with E-state index in [0.29, 0.717) is 5.52 Å². The Morgan fingerprint density at radius 1 is 1.38 bits per heavy atom. The molecule has 2 aromatic heterocycles. The highest BCUT2D eigenvalue weighted by atomic mass is 16.5. The Kier molecular flexibility index (Phi) is 5.06. The molecule has 0 saturated heterocycles. The molecule has 0 saturated carbocycles. The van der Waals surface area contributed by atoms with Crippen molar-refractivity contribution in [3.05, 3.63) is 34.0 Å². The molecule has 2 aromatic rings. The molecule has 130 valence electrons. The number of fused-ring (bicyclic) bond motifs is 1. The van der Waals surface area contributed by atoms with E-state index in [9.17, 15) is 9.59 Å². The molecule has 8 nitrogen and oxygen atoms in total. The number of carbonyl (C=O) groups excluding carboxylic acids is 1. The number of esters is 1. The summed E-state index contributed by atoms with van der Waals surface area (Å²) in [5.74, 6) is -0.0524. The van der Waals surface area contributed by atoms with Gasteiger partial charge in [0.1, 0.15) is 17.8 Å². The smallest absolute Gasteiger partial charge is 0.328 e. The van der Waals surface area contributed by atoms with Gasteiger partial charge in [0, 0.05) is 6.20 Å². The van der Waals surface area contributed by atoms with E-state index in [-0.39, 0.29) is 30.1 Å². The SMILES string of the molecule is CC(=NO)c1nn(CC(=O)OC(C)C)c(=O)c2cc(C(C)C)cn12. The molecule has 0 aromatic carbocycles. The van der Waals surface area contributed by atoms with Gasteiger partial charge in [0.15, 0.2) is 5.82 Å². The van der Waals surface area contributed by atoms with Crippen molar-refractivity contribution in [2.75, 3.05) is 0 Å². The monoisotopic (exact) mass is 334 g/mol. The van der Waals surface area contributed by atoms with Gasteiger partial charge in [-0.1, -0.05) is 19.0 Å². The fraction of sp³-hybridized carbons (Fsp3) is 0.500. The number of ether oxygens (including phenoxy) is 1. The molecule has 0 spiro atoms. The summed E-state index contributed by atoms with van der Waals surface area (Å²) in [7, 11) is 0. The lowest BCUT2D eigenvalue weighted by molar-refractivity contribution is -0.148. The second-order valence-electron chi connectivity index (χ2n) is 6.19. The summed E-state index contributed by atoms with van der Waals surface area (Å²) in [6, 6.07) is 1.76. The van der Waals surface area contributed by atoms with E-state index in [2.05, 4.69) is 10.3 Å². The number of oxime groups is 1. The van der Waals surface area contributed by atoms with Crippen molar-refractivity contribution in [1.82, 2.24) is 14.2 Å². The fourth-order valence-corrected chi connectivity index (χ4v) is 2.30. The maximum atomic E-state index is 12.6. The predicted octanol–water partition coefficient (Wildman–Crippen LogP) is 1.77. The minimum Gasteiger partial charge on any atom is -0.462 e. The lowest BCUT2D eigenvalue weighted by atomic mass is 10.1. The second kappa shape index (κ2) is 6.86. The molecule has 24 heavy (non-hydrogen) atoms. The van der Waals surface area contributed by atoms with Crippen molar-refractivity contribution < 1.29 is 14.7 Å². The molecule has 0 fully saturated rings. The summed E-state index contributed by atoms with van der Waals surface area (Å²) in [4.78, 5) is 24.5. The van der Waals surface area contributed by atoms with Crippen molar-refractivity contribution in [2.24, 2.45) is 5.16 Å². The van der Waals surface area contributed by atoms with Crippen LogP contribution >= 0.6 is 0 Å². The number of hydrogen-bond donors (Lipinski definition) is 1. The largest absolute Gasteiger partial charge is 0.462 e. The standard InChI is InChI=1S/C16H22N4O4/c1-9(2)12-6-13-16(22)20(8-14(21)24-10(3)4)17-15(11(5)18-23)19(13)7-12/h6-7,9-10,23H,8H2,1-5H3. The topological polar surface area (TPSA) is 98.2 Å².